The average Bonchev–Trinajstić information content (AvgIpc) is 4.04. The molecule has 2 fully saturated rings. The summed E-state index contributed by atoms with van der Waals surface area (Å²) in [6, 6.07) is 4.85. The smallest absolute Gasteiger partial charge is 0.407 e. The second-order valence-electron chi connectivity index (χ2n) is 14.5. The Kier molecular flexibility index (Phi) is 12.0. The Morgan fingerprint density at radius 2 is 1.30 bits per heavy atom. The lowest BCUT2D eigenvalue weighted by atomic mass is 10.0. The maximum Gasteiger partial charge on any atom is 0.407 e. The summed E-state index contributed by atoms with van der Waals surface area (Å²) in [5.74, 6) is 0.638. The topological polar surface area (TPSA) is 230 Å². The molecule has 56 heavy (non-hydrogen) atoms. The van der Waals surface area contributed by atoms with Gasteiger partial charge in [0.2, 0.25) is 23.5 Å². The zero-order valence-electron chi connectivity index (χ0n) is 32.3. The first kappa shape index (κ1) is 39.5. The van der Waals surface area contributed by atoms with E-state index in [9.17, 15) is 24.0 Å². The standard InChI is InChI=1S/C38H48N10O8/c1-20(2)28(45-37(52)54-5)35(50)47-15-7-9-25(47)32-39-17-24(42-32)22-11-13-23(14-12-22)31(49)30-34(56-19-41-30)44-27-18-40-33(43-27)26-10-8-16-48(26)36(51)29(21(3)4)46-38(53)55-6/h11-14,17-21,25-26,28-29,44H,7-10,15-16H2,1-6H3,(H,39,42)(H,40,43)(H,45,52)(H,46,53)/t25-,26-,28-,29-/m0/s1. The number of oxazole rings is 1. The lowest BCUT2D eigenvalue weighted by Gasteiger charge is -2.30. The number of amides is 4. The predicted molar refractivity (Wildman–Crippen MR) is 202 cm³/mol. The van der Waals surface area contributed by atoms with Crippen LogP contribution in [0.1, 0.15) is 93.2 Å². The molecule has 0 radical (unpaired) electrons. The summed E-state index contributed by atoms with van der Waals surface area (Å²) < 4.78 is 15.0. The molecule has 2 aliphatic rings. The van der Waals surface area contributed by atoms with E-state index in [-0.39, 0.29) is 53.1 Å². The Labute approximate surface area is 323 Å². The van der Waals surface area contributed by atoms with Gasteiger partial charge >= 0.3 is 12.2 Å². The van der Waals surface area contributed by atoms with E-state index in [1.165, 1.54) is 20.6 Å². The van der Waals surface area contributed by atoms with Crippen molar-refractivity contribution in [2.45, 2.75) is 77.5 Å². The fourth-order valence-corrected chi connectivity index (χ4v) is 7.16. The number of likely N-dealkylation sites (tertiary alicyclic amines) is 2. The fraction of sp³-hybridized carbons (Fsp3) is 0.474. The van der Waals surface area contributed by atoms with Gasteiger partial charge in [-0.2, -0.15) is 0 Å². The molecule has 4 atom stereocenters. The zero-order valence-corrected chi connectivity index (χ0v) is 32.3. The molecule has 18 heteroatoms. The number of benzene rings is 1. The monoisotopic (exact) mass is 772 g/mol. The number of nitrogens with zero attached hydrogens (tertiary/aromatic N) is 5. The van der Waals surface area contributed by atoms with Gasteiger partial charge in [-0.1, -0.05) is 52.0 Å². The maximum atomic E-state index is 13.6. The quantitative estimate of drug-likeness (QED) is 0.115. The van der Waals surface area contributed by atoms with Crippen molar-refractivity contribution in [3.8, 4) is 11.3 Å². The van der Waals surface area contributed by atoms with Crippen LogP contribution in [0.3, 0.4) is 0 Å². The summed E-state index contributed by atoms with van der Waals surface area (Å²) in [7, 11) is 2.52. The van der Waals surface area contributed by atoms with Crippen molar-refractivity contribution in [2.75, 3.05) is 32.6 Å². The Morgan fingerprint density at radius 1 is 0.768 bits per heavy atom. The first-order chi connectivity index (χ1) is 26.9. The Morgan fingerprint density at radius 3 is 1.84 bits per heavy atom. The minimum atomic E-state index is -0.758. The minimum absolute atomic E-state index is 0.0661. The van der Waals surface area contributed by atoms with E-state index in [0.717, 1.165) is 24.8 Å². The van der Waals surface area contributed by atoms with Crippen molar-refractivity contribution >= 4 is 41.5 Å². The van der Waals surface area contributed by atoms with Gasteiger partial charge in [-0.3, -0.25) is 14.4 Å². The van der Waals surface area contributed by atoms with Crippen LogP contribution in [0.25, 0.3) is 11.3 Å². The summed E-state index contributed by atoms with van der Waals surface area (Å²) in [5.41, 5.74) is 1.94. The van der Waals surface area contributed by atoms with E-state index in [0.29, 0.717) is 48.2 Å². The molecule has 4 aromatic rings. The Hall–Kier alpha value is -6.20. The zero-order chi connectivity index (χ0) is 40.1. The number of aromatic amines is 2. The van der Waals surface area contributed by atoms with Crippen molar-refractivity contribution in [1.82, 2.24) is 45.4 Å². The molecule has 2 saturated heterocycles. The first-order valence-electron chi connectivity index (χ1n) is 18.7. The number of carbonyl (C=O) groups excluding carboxylic acids is 5. The highest BCUT2D eigenvalue weighted by Gasteiger charge is 2.39. The summed E-state index contributed by atoms with van der Waals surface area (Å²) in [6.45, 7) is 8.49. The van der Waals surface area contributed by atoms with E-state index >= 15 is 0 Å². The Bertz CT molecular complexity index is 2040. The molecule has 0 aliphatic carbocycles. The molecule has 2 aliphatic heterocycles. The third kappa shape index (κ3) is 8.38. The lowest BCUT2D eigenvalue weighted by Crippen LogP contribution is -2.51. The van der Waals surface area contributed by atoms with Gasteiger partial charge < -0.3 is 49.6 Å². The molecule has 5 heterocycles. The van der Waals surface area contributed by atoms with Crippen LogP contribution in [-0.4, -0.2) is 104 Å². The molecule has 3 aromatic heterocycles. The van der Waals surface area contributed by atoms with Crippen LogP contribution >= 0.6 is 0 Å². The van der Waals surface area contributed by atoms with Crippen LogP contribution in [0.4, 0.5) is 21.3 Å². The summed E-state index contributed by atoms with van der Waals surface area (Å²) >= 11 is 0. The molecule has 4 amide bonds. The fourth-order valence-electron chi connectivity index (χ4n) is 7.16. The number of carbonyl (C=O) groups is 5. The molecule has 0 saturated carbocycles. The number of ketones is 1. The second-order valence-corrected chi connectivity index (χ2v) is 14.5. The predicted octanol–water partition coefficient (Wildman–Crippen LogP) is 4.85. The molecule has 0 bridgehead atoms. The number of rotatable bonds is 13. The van der Waals surface area contributed by atoms with Crippen LogP contribution in [0.15, 0.2) is 47.5 Å². The number of H-pyrrole nitrogens is 2. The third-order valence-corrected chi connectivity index (χ3v) is 10.2. The SMILES string of the molecule is COC(=O)N[C@H](C(=O)N1CCC[C@H]1c1ncc(Nc2ocnc2C(=O)c2ccc(-c3cnc([C@@H]4CCCN4C(=O)[C@@H](NC(=O)OC)C(C)C)[nH]3)cc2)[nH]1)C(C)C. The maximum absolute atomic E-state index is 13.6. The molecular formula is C38H48N10O8. The van der Waals surface area contributed by atoms with E-state index in [4.69, 9.17) is 13.9 Å². The average molecular weight is 773 g/mol. The molecule has 298 valence electrons. The third-order valence-electron chi connectivity index (χ3n) is 10.2. The van der Waals surface area contributed by atoms with Crippen molar-refractivity contribution in [3.63, 3.8) is 0 Å². The first-order valence-corrected chi connectivity index (χ1v) is 18.7. The van der Waals surface area contributed by atoms with E-state index < -0.39 is 24.3 Å². The number of methoxy groups -OCH3 is 2. The molecule has 0 unspecified atom stereocenters. The van der Waals surface area contributed by atoms with Crippen molar-refractivity contribution in [2.24, 2.45) is 11.8 Å². The van der Waals surface area contributed by atoms with Gasteiger partial charge in [0.25, 0.3) is 0 Å². The number of alkyl carbamates (subject to hydrolysis) is 2. The number of hydrogen-bond acceptors (Lipinski definition) is 12. The number of hydrogen-bond donors (Lipinski definition) is 5. The Balaban J connectivity index is 1.11. The molecule has 0 spiro atoms. The van der Waals surface area contributed by atoms with Crippen molar-refractivity contribution < 1.29 is 37.9 Å². The van der Waals surface area contributed by atoms with Crippen molar-refractivity contribution in [1.29, 1.82) is 0 Å². The largest absolute Gasteiger partial charge is 0.453 e. The minimum Gasteiger partial charge on any atom is -0.453 e. The van der Waals surface area contributed by atoms with Gasteiger partial charge in [-0.15, -0.1) is 0 Å². The lowest BCUT2D eigenvalue weighted by molar-refractivity contribution is -0.136. The number of imidazole rings is 2. The number of aromatic nitrogens is 5. The van der Waals surface area contributed by atoms with Gasteiger partial charge in [0.1, 0.15) is 29.6 Å². The van der Waals surface area contributed by atoms with Crippen LogP contribution < -0.4 is 16.0 Å². The van der Waals surface area contributed by atoms with Gasteiger partial charge in [-0.25, -0.2) is 24.5 Å². The van der Waals surface area contributed by atoms with Crippen LogP contribution in [0.5, 0.6) is 0 Å². The molecule has 18 nitrogen and oxygen atoms in total. The van der Waals surface area contributed by atoms with Gasteiger partial charge in [0.05, 0.1) is 44.4 Å². The van der Waals surface area contributed by atoms with Gasteiger partial charge in [-0.05, 0) is 43.1 Å². The highest BCUT2D eigenvalue weighted by atomic mass is 16.5. The second kappa shape index (κ2) is 17.1. The number of ether oxygens (including phenoxy) is 2. The van der Waals surface area contributed by atoms with Crippen LogP contribution in [0.2, 0.25) is 0 Å². The van der Waals surface area contributed by atoms with Crippen LogP contribution in [-0.2, 0) is 19.1 Å². The van der Waals surface area contributed by atoms with Crippen LogP contribution in [0, 0.1) is 11.8 Å². The highest BCUT2D eigenvalue weighted by Crippen LogP contribution is 2.34. The van der Waals surface area contributed by atoms with Crippen molar-refractivity contribution in [3.05, 3.63) is 66.0 Å². The molecule has 5 N–H and O–H groups in total. The van der Waals surface area contributed by atoms with E-state index in [1.54, 1.807) is 46.5 Å². The normalized spacial score (nSPS) is 17.9. The molecule has 6 rings (SSSR count). The van der Waals surface area contributed by atoms with E-state index in [1.807, 2.05) is 27.7 Å². The number of nitrogens with one attached hydrogen (secondary N) is 5. The highest BCUT2D eigenvalue weighted by molar-refractivity contribution is 6.10. The molecular weight excluding hydrogens is 724 g/mol. The van der Waals surface area contributed by atoms with Gasteiger partial charge in [0, 0.05) is 18.7 Å². The van der Waals surface area contributed by atoms with E-state index in [2.05, 4.69) is 40.9 Å². The molecule has 1 aromatic carbocycles. The summed E-state index contributed by atoms with van der Waals surface area (Å²) in [4.78, 5) is 87.8. The van der Waals surface area contributed by atoms with Gasteiger partial charge in [0.15, 0.2) is 12.1 Å². The number of anilines is 2. The summed E-state index contributed by atoms with van der Waals surface area (Å²) in [5, 5.41) is 8.36. The summed E-state index contributed by atoms with van der Waals surface area (Å²) in [6.07, 6.45) is 6.05.